The van der Waals surface area contributed by atoms with Gasteiger partial charge in [-0.2, -0.15) is 0 Å². The van der Waals surface area contributed by atoms with Gasteiger partial charge in [-0.25, -0.2) is 28.1 Å². The molecule has 102 valence electrons. The maximum atomic E-state index is 13.4. The molecule has 0 saturated heterocycles. The Morgan fingerprint density at radius 2 is 1.70 bits per heavy atom. The van der Waals surface area contributed by atoms with Gasteiger partial charge in [-0.15, -0.1) is 0 Å². The molecular weight excluding hydrogens is 273 g/mol. The molecule has 0 aliphatic heterocycles. The van der Waals surface area contributed by atoms with Crippen LogP contribution in [0.5, 0.6) is 0 Å². The van der Waals surface area contributed by atoms with Gasteiger partial charge in [0.25, 0.3) is 0 Å². The van der Waals surface area contributed by atoms with Crippen molar-refractivity contribution in [2.75, 3.05) is 10.9 Å². The van der Waals surface area contributed by atoms with Crippen molar-refractivity contribution in [1.29, 1.82) is 0 Å². The van der Waals surface area contributed by atoms with E-state index in [0.29, 0.717) is 23.3 Å². The molecule has 3 aromatic rings. The van der Waals surface area contributed by atoms with Crippen molar-refractivity contribution in [3.8, 4) is 0 Å². The van der Waals surface area contributed by atoms with Gasteiger partial charge in [0.05, 0.1) is 6.33 Å². The Bertz CT molecular complexity index is 749. The second kappa shape index (κ2) is 4.68. The predicted octanol–water partition coefficient (Wildman–Crippen LogP) is 2.21. The number of rotatable bonds is 3. The van der Waals surface area contributed by atoms with Gasteiger partial charge < -0.3 is 4.98 Å². The number of anilines is 2. The molecule has 0 radical (unpaired) electrons. The average Bonchev–Trinajstić information content (AvgIpc) is 2.86. The van der Waals surface area contributed by atoms with Gasteiger partial charge in [0.2, 0.25) is 0 Å². The standard InChI is InChI=1S/C11H7F3N6/c12-5-1-6(13)8(7(14)2-5)19-20-11-9-10(16-3-15-9)17-4-18-11/h1-4,19H,(H2,15,16,17,18,20). The Kier molecular flexibility index (Phi) is 2.86. The zero-order chi connectivity index (χ0) is 14.1. The van der Waals surface area contributed by atoms with Crippen molar-refractivity contribution in [3.05, 3.63) is 42.2 Å². The normalized spacial score (nSPS) is 10.8. The minimum Gasteiger partial charge on any atom is -0.340 e. The third-order valence-electron chi connectivity index (χ3n) is 2.54. The molecule has 0 amide bonds. The summed E-state index contributed by atoms with van der Waals surface area (Å²) in [5.41, 5.74) is 5.16. The highest BCUT2D eigenvalue weighted by Gasteiger charge is 2.12. The van der Waals surface area contributed by atoms with Crippen LogP contribution in [-0.4, -0.2) is 19.9 Å². The highest BCUT2D eigenvalue weighted by atomic mass is 19.1. The number of fused-ring (bicyclic) bond motifs is 1. The monoisotopic (exact) mass is 280 g/mol. The first-order valence-electron chi connectivity index (χ1n) is 5.46. The fourth-order valence-electron chi connectivity index (χ4n) is 1.64. The summed E-state index contributed by atoms with van der Waals surface area (Å²) in [4.78, 5) is 14.5. The molecule has 3 N–H and O–H groups in total. The number of imidazole rings is 1. The van der Waals surface area contributed by atoms with Gasteiger partial charge in [-0.05, 0) is 0 Å². The van der Waals surface area contributed by atoms with Crippen molar-refractivity contribution in [1.82, 2.24) is 19.9 Å². The van der Waals surface area contributed by atoms with Crippen LogP contribution in [0, 0.1) is 17.5 Å². The number of aromatic nitrogens is 4. The second-order valence-corrected chi connectivity index (χ2v) is 3.82. The third kappa shape index (κ3) is 2.09. The van der Waals surface area contributed by atoms with E-state index in [1.807, 2.05) is 0 Å². The first kappa shape index (κ1) is 12.2. The van der Waals surface area contributed by atoms with Crippen LogP contribution in [0.4, 0.5) is 24.7 Å². The highest BCUT2D eigenvalue weighted by molar-refractivity contribution is 5.82. The number of hydrogen-bond donors (Lipinski definition) is 3. The summed E-state index contributed by atoms with van der Waals surface area (Å²) in [6.45, 7) is 0. The molecule has 0 unspecified atom stereocenters. The number of nitrogens with zero attached hydrogens (tertiary/aromatic N) is 3. The van der Waals surface area contributed by atoms with Gasteiger partial charge >= 0.3 is 0 Å². The maximum Gasteiger partial charge on any atom is 0.182 e. The predicted molar refractivity (Wildman–Crippen MR) is 65.2 cm³/mol. The van der Waals surface area contributed by atoms with E-state index in [0.717, 1.165) is 0 Å². The van der Waals surface area contributed by atoms with Crippen LogP contribution in [0.25, 0.3) is 11.2 Å². The maximum absolute atomic E-state index is 13.4. The van der Waals surface area contributed by atoms with Crippen LogP contribution in [0.1, 0.15) is 0 Å². The molecule has 20 heavy (non-hydrogen) atoms. The molecule has 0 aliphatic carbocycles. The van der Waals surface area contributed by atoms with Crippen molar-refractivity contribution in [2.24, 2.45) is 0 Å². The first-order valence-corrected chi connectivity index (χ1v) is 5.46. The fourth-order valence-corrected chi connectivity index (χ4v) is 1.64. The number of aromatic amines is 1. The van der Waals surface area contributed by atoms with Crippen molar-refractivity contribution >= 4 is 22.7 Å². The lowest BCUT2D eigenvalue weighted by Gasteiger charge is -2.10. The molecule has 0 fully saturated rings. The van der Waals surface area contributed by atoms with Crippen molar-refractivity contribution in [3.63, 3.8) is 0 Å². The van der Waals surface area contributed by atoms with Crippen LogP contribution >= 0.6 is 0 Å². The molecule has 6 nitrogen and oxygen atoms in total. The van der Waals surface area contributed by atoms with E-state index in [-0.39, 0.29) is 5.82 Å². The lowest BCUT2D eigenvalue weighted by atomic mass is 10.3. The van der Waals surface area contributed by atoms with Crippen LogP contribution < -0.4 is 10.9 Å². The first-order chi connectivity index (χ1) is 9.65. The molecule has 9 heteroatoms. The van der Waals surface area contributed by atoms with E-state index in [2.05, 4.69) is 30.8 Å². The number of hydrazine groups is 1. The summed E-state index contributed by atoms with van der Waals surface area (Å²) in [5.74, 6) is -2.88. The van der Waals surface area contributed by atoms with Gasteiger partial charge in [0.1, 0.15) is 23.3 Å². The van der Waals surface area contributed by atoms with Crippen LogP contribution in [-0.2, 0) is 0 Å². The molecule has 0 bridgehead atoms. The summed E-state index contributed by atoms with van der Waals surface area (Å²) in [5, 5.41) is 0. The summed E-state index contributed by atoms with van der Waals surface area (Å²) in [7, 11) is 0. The Morgan fingerprint density at radius 3 is 2.45 bits per heavy atom. The van der Waals surface area contributed by atoms with E-state index in [1.165, 1.54) is 12.7 Å². The molecule has 1 aromatic carbocycles. The summed E-state index contributed by atoms with van der Waals surface area (Å²) in [6, 6.07) is 1.14. The Balaban J connectivity index is 1.89. The SMILES string of the molecule is Fc1cc(F)c(NNc2ncnc3nc[nH]c23)c(F)c1. The topological polar surface area (TPSA) is 78.5 Å². The van der Waals surface area contributed by atoms with E-state index in [9.17, 15) is 13.2 Å². The lowest BCUT2D eigenvalue weighted by molar-refractivity contribution is 0.548. The minimum absolute atomic E-state index is 0.246. The molecule has 2 heterocycles. The number of hydrogen-bond acceptors (Lipinski definition) is 5. The van der Waals surface area contributed by atoms with Gasteiger partial charge in [-0.3, -0.25) is 10.9 Å². The van der Waals surface area contributed by atoms with Gasteiger partial charge in [0, 0.05) is 12.1 Å². The Morgan fingerprint density at radius 1 is 0.950 bits per heavy atom. The third-order valence-corrected chi connectivity index (χ3v) is 2.54. The van der Waals surface area contributed by atoms with Crippen molar-refractivity contribution < 1.29 is 13.2 Å². The lowest BCUT2D eigenvalue weighted by Crippen LogP contribution is -2.13. The zero-order valence-corrected chi connectivity index (χ0v) is 9.78. The van der Waals surface area contributed by atoms with Crippen LogP contribution in [0.2, 0.25) is 0 Å². The molecule has 0 aliphatic rings. The molecular formula is C11H7F3N6. The van der Waals surface area contributed by atoms with Crippen LogP contribution in [0.15, 0.2) is 24.8 Å². The summed E-state index contributed by atoms with van der Waals surface area (Å²) in [6.07, 6.45) is 2.65. The highest BCUT2D eigenvalue weighted by Crippen LogP contribution is 2.21. The van der Waals surface area contributed by atoms with Crippen molar-refractivity contribution in [2.45, 2.75) is 0 Å². The fraction of sp³-hybridized carbons (Fsp3) is 0. The number of halogens is 3. The van der Waals surface area contributed by atoms with E-state index in [4.69, 9.17) is 0 Å². The van der Waals surface area contributed by atoms with E-state index < -0.39 is 23.1 Å². The average molecular weight is 280 g/mol. The zero-order valence-electron chi connectivity index (χ0n) is 9.78. The largest absolute Gasteiger partial charge is 0.340 e. The second-order valence-electron chi connectivity index (χ2n) is 3.82. The number of nitrogens with one attached hydrogen (secondary N) is 3. The number of benzene rings is 1. The van der Waals surface area contributed by atoms with Gasteiger partial charge in [0.15, 0.2) is 23.1 Å². The molecule has 0 spiro atoms. The van der Waals surface area contributed by atoms with E-state index >= 15 is 0 Å². The summed E-state index contributed by atoms with van der Waals surface area (Å²) < 4.78 is 39.6. The Labute approximate surface area is 110 Å². The number of H-pyrrole nitrogens is 1. The Hall–Kier alpha value is -2.84. The quantitative estimate of drug-likeness (QED) is 0.641. The molecule has 3 rings (SSSR count). The van der Waals surface area contributed by atoms with Gasteiger partial charge in [-0.1, -0.05) is 0 Å². The molecule has 2 aromatic heterocycles. The smallest absolute Gasteiger partial charge is 0.182 e. The molecule has 0 saturated carbocycles. The van der Waals surface area contributed by atoms with Crippen LogP contribution in [0.3, 0.4) is 0 Å². The molecule has 0 atom stereocenters. The van der Waals surface area contributed by atoms with E-state index in [1.54, 1.807) is 0 Å². The summed E-state index contributed by atoms with van der Waals surface area (Å²) >= 11 is 0. The minimum atomic E-state index is -1.06.